The number of methoxy groups -OCH3 is 2. The second kappa shape index (κ2) is 22.0. The number of aliphatic hydroxyl groups is 1. The Morgan fingerprint density at radius 2 is 0.939 bits per heavy atom. The van der Waals surface area contributed by atoms with Crippen molar-refractivity contribution in [2.24, 2.45) is 0 Å². The van der Waals surface area contributed by atoms with Crippen molar-refractivity contribution in [1.29, 1.82) is 0 Å². The minimum atomic E-state index is -2.75. The molecule has 0 radical (unpaired) electrons. The Labute approximate surface area is 396 Å². The van der Waals surface area contributed by atoms with E-state index in [1.807, 2.05) is 52.0 Å². The summed E-state index contributed by atoms with van der Waals surface area (Å²) in [4.78, 5) is 12.5. The summed E-state index contributed by atoms with van der Waals surface area (Å²) in [5.74, 6) is -1.91. The van der Waals surface area contributed by atoms with Crippen molar-refractivity contribution >= 4 is 43.2 Å². The first-order valence-electron chi connectivity index (χ1n) is 22.8. The molecule has 6 rings (SSSR count). The summed E-state index contributed by atoms with van der Waals surface area (Å²) in [6, 6.07) is 41.8. The van der Waals surface area contributed by atoms with E-state index in [2.05, 4.69) is 152 Å². The zero-order chi connectivity index (χ0) is 48.6. The molecule has 0 saturated carbocycles. The van der Waals surface area contributed by atoms with Crippen molar-refractivity contribution in [3.8, 4) is 0 Å². The molecule has 10 nitrogen and oxygen atoms in total. The van der Waals surface area contributed by atoms with E-state index in [9.17, 15) is 9.90 Å². The molecule has 2 heterocycles. The van der Waals surface area contributed by atoms with E-state index in [0.29, 0.717) is 6.61 Å². The van der Waals surface area contributed by atoms with Crippen LogP contribution in [0.4, 0.5) is 0 Å². The van der Waals surface area contributed by atoms with Crippen LogP contribution < -0.4 is 20.7 Å². The summed E-state index contributed by atoms with van der Waals surface area (Å²) < 4.78 is 50.0. The van der Waals surface area contributed by atoms with Gasteiger partial charge < -0.3 is 42.4 Å². The molecule has 12 heteroatoms. The largest absolute Gasteiger partial charge is 0.405 e. The highest BCUT2D eigenvalue weighted by atomic mass is 28.4. The lowest BCUT2D eigenvalue weighted by Gasteiger charge is -2.43. The lowest BCUT2D eigenvalue weighted by atomic mass is 10.0. The molecule has 4 aromatic rings. The third-order valence-corrected chi connectivity index (χ3v) is 22.4. The molecule has 0 spiro atoms. The number of ether oxygens (including phenoxy) is 6. The minimum absolute atomic E-state index is 0.151. The number of ketones is 1. The number of hydrogen-bond donors (Lipinski definition) is 1. The molecule has 7 atom stereocenters. The molecule has 1 N–H and O–H groups in total. The van der Waals surface area contributed by atoms with Crippen LogP contribution in [0.5, 0.6) is 0 Å². The van der Waals surface area contributed by atoms with Crippen LogP contribution in [0.3, 0.4) is 0 Å². The molecule has 4 aromatic carbocycles. The fraction of sp³-hybridized carbons (Fsp3) is 0.463. The van der Waals surface area contributed by atoms with Gasteiger partial charge in [-0.1, -0.05) is 176 Å². The van der Waals surface area contributed by atoms with Gasteiger partial charge in [0.1, 0.15) is 42.7 Å². The van der Waals surface area contributed by atoms with Gasteiger partial charge in [-0.3, -0.25) is 4.79 Å². The maximum absolute atomic E-state index is 12.5. The zero-order valence-electron chi connectivity index (χ0n) is 41.2. The van der Waals surface area contributed by atoms with Crippen LogP contribution in [-0.4, -0.2) is 109 Å². The van der Waals surface area contributed by atoms with Gasteiger partial charge in [-0.05, 0) is 64.6 Å². The smallest absolute Gasteiger partial charge is 0.261 e. The molecule has 2 aliphatic heterocycles. The normalized spacial score (nSPS) is 22.1. The Hall–Kier alpha value is -3.90. The first-order valence-corrected chi connectivity index (χ1v) is 26.7. The van der Waals surface area contributed by atoms with Crippen molar-refractivity contribution in [1.82, 2.24) is 0 Å². The highest BCUT2D eigenvalue weighted by Crippen LogP contribution is 2.40. The van der Waals surface area contributed by atoms with Crippen LogP contribution in [-0.2, 0) is 42.1 Å². The molecule has 66 heavy (non-hydrogen) atoms. The third-order valence-electron chi connectivity index (χ3n) is 12.4. The molecular formula is C54H74O10Si2. The number of benzene rings is 4. The Morgan fingerprint density at radius 1 is 0.606 bits per heavy atom. The predicted molar refractivity (Wildman–Crippen MR) is 268 cm³/mol. The van der Waals surface area contributed by atoms with Gasteiger partial charge in [-0.25, -0.2) is 0 Å². The third kappa shape index (κ3) is 11.7. The second-order valence-corrected chi connectivity index (χ2v) is 28.5. The lowest BCUT2D eigenvalue weighted by Crippen LogP contribution is -2.67. The molecule has 0 aliphatic carbocycles. The topological polar surface area (TPSA) is 111 Å². The Kier molecular flexibility index (Phi) is 17.7. The molecule has 0 bridgehead atoms. The van der Waals surface area contributed by atoms with Crippen molar-refractivity contribution in [2.45, 2.75) is 134 Å². The van der Waals surface area contributed by atoms with Gasteiger partial charge in [-0.2, -0.15) is 0 Å². The summed E-state index contributed by atoms with van der Waals surface area (Å²) in [7, 11) is -2.42. The molecule has 0 aromatic heterocycles. The van der Waals surface area contributed by atoms with Gasteiger partial charge in [0.15, 0.2) is 17.4 Å². The number of hydrogen-bond acceptors (Lipinski definition) is 10. The van der Waals surface area contributed by atoms with Crippen LogP contribution in [0.25, 0.3) is 0 Å². The van der Waals surface area contributed by atoms with Gasteiger partial charge in [0.05, 0.1) is 13.2 Å². The molecule has 2 saturated heterocycles. The zero-order valence-corrected chi connectivity index (χ0v) is 43.2. The van der Waals surface area contributed by atoms with Gasteiger partial charge >= 0.3 is 0 Å². The van der Waals surface area contributed by atoms with E-state index in [-0.39, 0.29) is 22.5 Å². The number of rotatable bonds is 18. The molecule has 358 valence electrons. The van der Waals surface area contributed by atoms with E-state index in [4.69, 9.17) is 37.3 Å². The molecule has 2 aliphatic rings. The van der Waals surface area contributed by atoms with Gasteiger partial charge in [-0.15, -0.1) is 6.58 Å². The maximum atomic E-state index is 12.5. The fourth-order valence-electron chi connectivity index (χ4n) is 9.59. The highest BCUT2D eigenvalue weighted by molar-refractivity contribution is 7.00. The van der Waals surface area contributed by atoms with Crippen LogP contribution in [0.1, 0.15) is 69.2 Å². The molecular weight excluding hydrogens is 865 g/mol. The summed E-state index contributed by atoms with van der Waals surface area (Å²) in [6.45, 7) is 28.7. The number of carbonyl (C=O) groups excluding carboxylic acids is 1. The second-order valence-electron chi connectivity index (χ2n) is 19.9. The van der Waals surface area contributed by atoms with Crippen LogP contribution >= 0.6 is 0 Å². The van der Waals surface area contributed by atoms with Crippen LogP contribution in [0.15, 0.2) is 147 Å². The quantitative estimate of drug-likeness (QED) is 0.0612. The van der Waals surface area contributed by atoms with Crippen molar-refractivity contribution < 1.29 is 47.2 Å². The van der Waals surface area contributed by atoms with E-state index in [1.54, 1.807) is 7.11 Å². The summed E-state index contributed by atoms with van der Waals surface area (Å²) >= 11 is 0. The standard InChI is InChI=1S/C27H38O5Si.C27H36O5Si/c2*1-8-22(28)24(29-7)25-23(31-27(5,6)32-25)19-30-33(26(2,3)4,20-15-11-9-12-16-20)21-17-13-10-14-18-21/h8-18,22-25,28H,1,19H2,2-7H3;8-18,23-25H,1,19H2,2-7H3/t22-,23?,24?,25?;/m0./s1. The van der Waals surface area contributed by atoms with E-state index >= 15 is 0 Å². The molecule has 2 fully saturated rings. The SMILES string of the molecule is C=CC(=O)C(OC)C1OC(C)(C)OC1CO[Si](c1ccccc1)(c1ccccc1)C(C)(C)C.C=C[C@H](O)C(OC)C1OC(C)(C)OC1CO[Si](c1ccccc1)(c1ccccc1)C(C)(C)C. The Morgan fingerprint density at radius 3 is 1.23 bits per heavy atom. The van der Waals surface area contributed by atoms with Crippen molar-refractivity contribution in [3.63, 3.8) is 0 Å². The van der Waals surface area contributed by atoms with Crippen LogP contribution in [0.2, 0.25) is 10.1 Å². The lowest BCUT2D eigenvalue weighted by molar-refractivity contribution is -0.164. The van der Waals surface area contributed by atoms with Gasteiger partial charge in [0.25, 0.3) is 16.6 Å². The average molecular weight is 939 g/mol. The number of carbonyl (C=O) groups is 1. The van der Waals surface area contributed by atoms with E-state index in [1.165, 1.54) is 40.0 Å². The van der Waals surface area contributed by atoms with E-state index < -0.39 is 70.9 Å². The van der Waals surface area contributed by atoms with Gasteiger partial charge in [0.2, 0.25) is 0 Å². The maximum Gasteiger partial charge on any atom is 0.261 e. The minimum Gasteiger partial charge on any atom is -0.405 e. The van der Waals surface area contributed by atoms with Gasteiger partial charge in [0, 0.05) is 14.2 Å². The van der Waals surface area contributed by atoms with Crippen molar-refractivity contribution in [2.75, 3.05) is 27.4 Å². The Bertz CT molecular complexity index is 2060. The van der Waals surface area contributed by atoms with Crippen LogP contribution in [0, 0.1) is 0 Å². The molecule has 6 unspecified atom stereocenters. The fourth-order valence-corrected chi connectivity index (χ4v) is 18.7. The summed E-state index contributed by atoms with van der Waals surface area (Å²) in [5, 5.41) is 14.9. The summed E-state index contributed by atoms with van der Waals surface area (Å²) in [5.41, 5.74) is 0. The first kappa shape index (κ1) is 53.1. The monoisotopic (exact) mass is 938 g/mol. The first-order chi connectivity index (χ1) is 31.1. The highest BCUT2D eigenvalue weighted by Gasteiger charge is 2.55. The predicted octanol–water partition coefficient (Wildman–Crippen LogP) is 7.50. The molecule has 0 amide bonds. The van der Waals surface area contributed by atoms with Crippen molar-refractivity contribution in [3.05, 3.63) is 147 Å². The Balaban J connectivity index is 0.000000247. The summed E-state index contributed by atoms with van der Waals surface area (Å²) in [6.07, 6.45) is -1.57. The number of aliphatic hydroxyl groups excluding tert-OH is 1. The average Bonchev–Trinajstić information content (AvgIpc) is 3.77. The van der Waals surface area contributed by atoms with E-state index in [0.717, 1.165) is 0 Å².